The van der Waals surface area contributed by atoms with Crippen LogP contribution in [0.3, 0.4) is 0 Å². The van der Waals surface area contributed by atoms with Crippen molar-refractivity contribution in [2.75, 3.05) is 44.7 Å². The Kier molecular flexibility index (Phi) is 19.9. The Labute approximate surface area is 405 Å². The van der Waals surface area contributed by atoms with Crippen molar-refractivity contribution in [2.24, 2.45) is 0 Å². The fourth-order valence-electron chi connectivity index (χ4n) is 9.28. The summed E-state index contributed by atoms with van der Waals surface area (Å²) in [5, 5.41) is 4.02. The normalized spacial score (nSPS) is 20.6. The third-order valence-electron chi connectivity index (χ3n) is 12.9. The third kappa shape index (κ3) is 12.8. The van der Waals surface area contributed by atoms with Crippen LogP contribution >= 0.6 is 58.0 Å². The van der Waals surface area contributed by atoms with Gasteiger partial charge in [-0.1, -0.05) is 49.2 Å². The van der Waals surface area contributed by atoms with Crippen LogP contribution in [0.15, 0.2) is 60.9 Å². The molecule has 4 aromatic rings. The molecule has 4 aliphatic heterocycles. The number of halogens is 5. The van der Waals surface area contributed by atoms with Crippen LogP contribution in [0, 0.1) is 27.7 Å². The number of ether oxygens (including phenoxy) is 2. The van der Waals surface area contributed by atoms with Gasteiger partial charge in [0.05, 0.1) is 29.7 Å². The maximum atomic E-state index is 12.9. The summed E-state index contributed by atoms with van der Waals surface area (Å²) >= 11 is 26.0. The van der Waals surface area contributed by atoms with E-state index in [9.17, 15) is 9.59 Å². The van der Waals surface area contributed by atoms with E-state index in [4.69, 9.17) is 67.5 Å². The van der Waals surface area contributed by atoms with Gasteiger partial charge in [-0.3, -0.25) is 19.4 Å². The molecule has 4 aliphatic rings. The van der Waals surface area contributed by atoms with E-state index in [0.29, 0.717) is 45.6 Å². The number of likely N-dealkylation sites (tertiary alicyclic amines) is 3. The lowest BCUT2D eigenvalue weighted by Gasteiger charge is -2.38. The zero-order valence-electron chi connectivity index (χ0n) is 38.3. The molecule has 1 amide bonds. The first-order valence-electron chi connectivity index (χ1n) is 22.2. The average Bonchev–Trinajstić information content (AvgIpc) is 4.12. The molecular formula is C49H63Cl5N6O4. The predicted octanol–water partition coefficient (Wildman–Crippen LogP) is 11.5. The molecular weight excluding hydrogens is 914 g/mol. The molecule has 8 rings (SSSR count). The number of alkyl halides is 2. The summed E-state index contributed by atoms with van der Waals surface area (Å²) < 4.78 is 11.7. The van der Waals surface area contributed by atoms with Crippen molar-refractivity contribution in [2.45, 2.75) is 117 Å². The molecule has 1 N–H and O–H groups in total. The summed E-state index contributed by atoms with van der Waals surface area (Å²) in [5.41, 5.74) is 9.00. The van der Waals surface area contributed by atoms with Gasteiger partial charge in [0.25, 0.3) is 11.1 Å². The molecule has 6 atom stereocenters. The van der Waals surface area contributed by atoms with Gasteiger partial charge in [-0.05, 0) is 149 Å². The highest BCUT2D eigenvalue weighted by atomic mass is 35.5. The SMILES string of the molecule is CCCOc1ccc([C@H](C)N2C[C@@H]3C[C@H]2CN3)c(C)c1C.CCCOc1ccc([C@H](C)N2C[C@@H]3C[C@H]2CN3C(=O)c2ccc(Cl)nc2)c(C)c1C.ClCCl.O=C(Cl)c1ccc(Cl)nc1. The first-order valence-corrected chi connectivity index (χ1v) is 24.4. The summed E-state index contributed by atoms with van der Waals surface area (Å²) in [6.07, 6.45) is 7.32. The van der Waals surface area contributed by atoms with E-state index >= 15 is 0 Å². The van der Waals surface area contributed by atoms with E-state index in [1.165, 1.54) is 64.7 Å². The number of carbonyl (C=O) groups is 2. The first-order chi connectivity index (χ1) is 30.6. The van der Waals surface area contributed by atoms with Gasteiger partial charge in [-0.2, -0.15) is 0 Å². The third-order valence-corrected chi connectivity index (χ3v) is 13.6. The summed E-state index contributed by atoms with van der Waals surface area (Å²) in [6.45, 7) is 23.3. The number of hydrogen-bond acceptors (Lipinski definition) is 9. The van der Waals surface area contributed by atoms with Crippen LogP contribution in [0.1, 0.15) is 120 Å². The Morgan fingerprint density at radius 2 is 1.19 bits per heavy atom. The van der Waals surface area contributed by atoms with Crippen molar-refractivity contribution in [3.63, 3.8) is 0 Å². The van der Waals surface area contributed by atoms with Gasteiger partial charge >= 0.3 is 0 Å². The fraction of sp³-hybridized carbons (Fsp3) is 0.510. The molecule has 10 nitrogen and oxygen atoms in total. The van der Waals surface area contributed by atoms with Crippen molar-refractivity contribution in [1.29, 1.82) is 0 Å². The van der Waals surface area contributed by atoms with Crippen LogP contribution in [0.2, 0.25) is 10.3 Å². The molecule has 0 aliphatic carbocycles. The Morgan fingerprint density at radius 3 is 1.58 bits per heavy atom. The minimum absolute atomic E-state index is 0.0587. The van der Waals surface area contributed by atoms with Gasteiger partial charge in [-0.25, -0.2) is 9.97 Å². The first kappa shape index (κ1) is 51.8. The molecule has 0 radical (unpaired) electrons. The number of carbonyl (C=O) groups excluding carboxylic acids is 2. The molecule has 0 unspecified atom stereocenters. The number of aromatic nitrogens is 2. The number of benzene rings is 2. The van der Waals surface area contributed by atoms with Crippen molar-refractivity contribution in [1.82, 2.24) is 30.0 Å². The number of hydrogen-bond donors (Lipinski definition) is 1. The van der Waals surface area contributed by atoms with Crippen molar-refractivity contribution in [3.05, 3.63) is 116 Å². The topological polar surface area (TPSA) is 100 Å². The van der Waals surface area contributed by atoms with Gasteiger partial charge < -0.3 is 19.7 Å². The largest absolute Gasteiger partial charge is 0.493 e. The molecule has 15 heteroatoms. The summed E-state index contributed by atoms with van der Waals surface area (Å²) in [6, 6.07) is 18.1. The van der Waals surface area contributed by atoms with Crippen LogP contribution < -0.4 is 14.8 Å². The molecule has 4 fully saturated rings. The molecule has 0 saturated carbocycles. The molecule has 6 heterocycles. The minimum Gasteiger partial charge on any atom is -0.493 e. The lowest BCUT2D eigenvalue weighted by Crippen LogP contribution is -2.49. The Morgan fingerprint density at radius 1 is 0.688 bits per heavy atom. The number of piperazine rings is 2. The zero-order valence-corrected chi connectivity index (χ0v) is 42.1. The van der Waals surface area contributed by atoms with E-state index in [0.717, 1.165) is 69.7 Å². The van der Waals surface area contributed by atoms with Gasteiger partial charge in [0.15, 0.2) is 0 Å². The van der Waals surface area contributed by atoms with Crippen LogP contribution in [0.5, 0.6) is 11.5 Å². The van der Waals surface area contributed by atoms with Crippen molar-refractivity contribution in [3.8, 4) is 11.5 Å². The molecule has 2 aromatic carbocycles. The van der Waals surface area contributed by atoms with E-state index in [1.54, 1.807) is 18.3 Å². The summed E-state index contributed by atoms with van der Waals surface area (Å²) in [7, 11) is 0. The zero-order chi connectivity index (χ0) is 46.7. The molecule has 4 saturated heterocycles. The van der Waals surface area contributed by atoms with E-state index in [-0.39, 0.29) is 17.3 Å². The van der Waals surface area contributed by atoms with Gasteiger partial charge in [0, 0.05) is 74.8 Å². The van der Waals surface area contributed by atoms with E-state index in [1.807, 2.05) is 4.90 Å². The number of rotatable bonds is 12. The van der Waals surface area contributed by atoms with Crippen LogP contribution in [-0.4, -0.2) is 105 Å². The average molecular weight is 977 g/mol. The van der Waals surface area contributed by atoms with Gasteiger partial charge in [0.2, 0.25) is 0 Å². The second-order valence-electron chi connectivity index (χ2n) is 16.9. The lowest BCUT2D eigenvalue weighted by molar-refractivity contribution is 0.0568. The standard InChI is InChI=1S/C24H30ClN3O2.C18H28N2O.C6H3Cl2NO.CH2Cl2/c1-5-10-30-22-8-7-21(15(2)16(22)3)17(4)27-13-20-11-19(27)14-28(20)24(29)18-6-9-23(25)26-12-18;1-5-8-21-18-7-6-17(12(2)13(18)3)14(4)20-11-15-9-16(20)10-19-15;7-5-2-1-4(3-9-5)6(8)10;2-1-3/h6-9,12,17,19-20H,5,10-11,13-14H2,1-4H3;6-7,14-16,19H,5,8-11H2,1-4H3;1-3H;1H2/t17-,19-,20-;14-,15-,16-;;/m00../s1. The van der Waals surface area contributed by atoms with E-state index in [2.05, 4.69) is 105 Å². The second-order valence-corrected chi connectivity index (χ2v) is 18.8. The van der Waals surface area contributed by atoms with Gasteiger partial charge in [-0.15, -0.1) is 23.2 Å². The number of amides is 1. The predicted molar refractivity (Wildman–Crippen MR) is 262 cm³/mol. The van der Waals surface area contributed by atoms with Crippen molar-refractivity contribution >= 4 is 69.2 Å². The Hall–Kier alpha value is -3.19. The van der Waals surface area contributed by atoms with Gasteiger partial charge in [0.1, 0.15) is 21.8 Å². The molecule has 2 aromatic heterocycles. The quantitative estimate of drug-likeness (QED) is 0.0845. The minimum atomic E-state index is -0.524. The Balaban J connectivity index is 0.000000195. The number of nitrogens with zero attached hydrogens (tertiary/aromatic N) is 5. The van der Waals surface area contributed by atoms with Crippen LogP contribution in [0.4, 0.5) is 0 Å². The number of fused-ring (bicyclic) bond motifs is 4. The van der Waals surface area contributed by atoms with Crippen molar-refractivity contribution < 1.29 is 19.1 Å². The smallest absolute Gasteiger partial charge is 0.255 e. The monoisotopic (exact) mass is 974 g/mol. The number of pyridine rings is 2. The second kappa shape index (κ2) is 24.5. The molecule has 4 bridgehead atoms. The summed E-state index contributed by atoms with van der Waals surface area (Å²) in [4.78, 5) is 38.3. The molecule has 348 valence electrons. The maximum Gasteiger partial charge on any atom is 0.255 e. The highest BCUT2D eigenvalue weighted by Crippen LogP contribution is 2.40. The Bertz CT molecular complexity index is 2160. The molecule has 64 heavy (non-hydrogen) atoms. The fourth-order valence-corrected chi connectivity index (χ4v) is 9.62. The van der Waals surface area contributed by atoms with E-state index < -0.39 is 5.24 Å². The highest BCUT2D eigenvalue weighted by molar-refractivity contribution is 6.67. The summed E-state index contributed by atoms with van der Waals surface area (Å²) in [5.74, 6) is 2.10. The maximum absolute atomic E-state index is 12.9. The number of nitrogens with one attached hydrogen (secondary N) is 1. The lowest BCUT2D eigenvalue weighted by atomic mass is 9.96. The highest BCUT2D eigenvalue weighted by Gasteiger charge is 2.47. The molecule has 0 spiro atoms. The van der Waals surface area contributed by atoms with Crippen LogP contribution in [-0.2, 0) is 0 Å². The van der Waals surface area contributed by atoms with Crippen LogP contribution in [0.25, 0.3) is 0 Å².